The Balaban J connectivity index is 1.96. The number of fused-ring (bicyclic) bond motifs is 1. The summed E-state index contributed by atoms with van der Waals surface area (Å²) < 4.78 is 11.5. The van der Waals surface area contributed by atoms with E-state index < -0.39 is 0 Å². The minimum absolute atomic E-state index is 0.0314. The summed E-state index contributed by atoms with van der Waals surface area (Å²) in [6.45, 7) is 5.92. The molecule has 1 saturated heterocycles. The van der Waals surface area contributed by atoms with Crippen LogP contribution in [0.15, 0.2) is 0 Å². The third-order valence-corrected chi connectivity index (χ3v) is 3.91. The van der Waals surface area contributed by atoms with Crippen LogP contribution in [-0.4, -0.2) is 48.8 Å². The Morgan fingerprint density at radius 2 is 2.32 bits per heavy atom. The Kier molecular flexibility index (Phi) is 4.78. The van der Waals surface area contributed by atoms with Crippen molar-refractivity contribution in [2.45, 2.75) is 51.4 Å². The van der Waals surface area contributed by atoms with Crippen LogP contribution in [0.1, 0.15) is 33.1 Å². The molecule has 2 rings (SSSR count). The summed E-state index contributed by atoms with van der Waals surface area (Å²) >= 11 is 0. The van der Waals surface area contributed by atoms with Gasteiger partial charge in [0.05, 0.1) is 37.5 Å². The highest BCUT2D eigenvalue weighted by atomic mass is 16.5. The van der Waals surface area contributed by atoms with Gasteiger partial charge in [0.15, 0.2) is 0 Å². The molecule has 0 unspecified atom stereocenters. The highest BCUT2D eigenvalue weighted by Gasteiger charge is 2.44. The van der Waals surface area contributed by atoms with Gasteiger partial charge < -0.3 is 14.4 Å². The van der Waals surface area contributed by atoms with Crippen molar-refractivity contribution in [3.8, 4) is 6.07 Å². The Labute approximate surface area is 114 Å². The molecule has 0 radical (unpaired) electrons. The second-order valence-electron chi connectivity index (χ2n) is 5.54. The van der Waals surface area contributed by atoms with Crippen LogP contribution in [0.2, 0.25) is 0 Å². The van der Waals surface area contributed by atoms with E-state index >= 15 is 0 Å². The fourth-order valence-electron chi connectivity index (χ4n) is 3.03. The molecule has 106 valence electrons. The quantitative estimate of drug-likeness (QED) is 0.770. The number of nitrogens with zero attached hydrogens (tertiary/aromatic N) is 2. The van der Waals surface area contributed by atoms with Gasteiger partial charge in [0.25, 0.3) is 0 Å². The summed E-state index contributed by atoms with van der Waals surface area (Å²) in [6.07, 6.45) is 2.25. The first-order chi connectivity index (χ1) is 9.13. The summed E-state index contributed by atoms with van der Waals surface area (Å²) in [5.74, 6) is 0.302. The third-order valence-electron chi connectivity index (χ3n) is 3.91. The molecule has 0 spiro atoms. The number of nitriles is 1. The molecule has 19 heavy (non-hydrogen) atoms. The summed E-state index contributed by atoms with van der Waals surface area (Å²) in [5, 5.41) is 8.66. The van der Waals surface area contributed by atoms with E-state index in [9.17, 15) is 4.79 Å². The van der Waals surface area contributed by atoms with Crippen LogP contribution in [-0.2, 0) is 14.3 Å². The lowest BCUT2D eigenvalue weighted by Crippen LogP contribution is -2.53. The molecule has 0 aromatic heterocycles. The Morgan fingerprint density at radius 1 is 1.53 bits per heavy atom. The molecule has 0 N–H and O–H groups in total. The van der Waals surface area contributed by atoms with Crippen LogP contribution >= 0.6 is 0 Å². The molecule has 1 saturated carbocycles. The average molecular weight is 266 g/mol. The lowest BCUT2D eigenvalue weighted by Gasteiger charge is -2.39. The fourth-order valence-corrected chi connectivity index (χ4v) is 3.03. The van der Waals surface area contributed by atoms with Crippen molar-refractivity contribution in [2.75, 3.05) is 19.8 Å². The molecule has 1 amide bonds. The summed E-state index contributed by atoms with van der Waals surface area (Å²) in [5.41, 5.74) is 0. The standard InChI is InChI=1S/C14H22N2O3/c1-10(2)19-9-11-3-4-12-14(11)18-8-7-16(12)13(17)5-6-15/h10-12,14H,3-5,7-9H2,1-2H3/t11-,12+,14-/m0/s1. The van der Waals surface area contributed by atoms with E-state index in [1.54, 1.807) is 0 Å². The van der Waals surface area contributed by atoms with Crippen molar-refractivity contribution in [2.24, 2.45) is 5.92 Å². The minimum Gasteiger partial charge on any atom is -0.378 e. The fraction of sp³-hybridized carbons (Fsp3) is 0.857. The maximum Gasteiger partial charge on any atom is 0.237 e. The molecule has 2 aliphatic rings. The number of rotatable bonds is 4. The topological polar surface area (TPSA) is 62.6 Å². The van der Waals surface area contributed by atoms with Gasteiger partial charge in [-0.3, -0.25) is 4.79 Å². The normalized spacial score (nSPS) is 30.2. The highest BCUT2D eigenvalue weighted by molar-refractivity contribution is 5.78. The molecule has 5 nitrogen and oxygen atoms in total. The summed E-state index contributed by atoms with van der Waals surface area (Å²) in [7, 11) is 0. The predicted molar refractivity (Wildman–Crippen MR) is 69.3 cm³/mol. The van der Waals surface area contributed by atoms with Crippen molar-refractivity contribution in [1.29, 1.82) is 5.26 Å². The van der Waals surface area contributed by atoms with Gasteiger partial charge >= 0.3 is 0 Å². The number of hydrogen-bond acceptors (Lipinski definition) is 4. The number of morpholine rings is 1. The molecule has 1 aliphatic heterocycles. The zero-order valence-corrected chi connectivity index (χ0v) is 11.7. The molecule has 5 heteroatoms. The Morgan fingerprint density at radius 3 is 3.00 bits per heavy atom. The van der Waals surface area contributed by atoms with Gasteiger partial charge in [-0.2, -0.15) is 5.26 Å². The summed E-state index contributed by atoms with van der Waals surface area (Å²) in [4.78, 5) is 13.8. The van der Waals surface area contributed by atoms with Crippen LogP contribution in [0.25, 0.3) is 0 Å². The number of carbonyl (C=O) groups excluding carboxylic acids is 1. The molecule has 1 heterocycles. The molecule has 1 aliphatic carbocycles. The number of amides is 1. The smallest absolute Gasteiger partial charge is 0.237 e. The van der Waals surface area contributed by atoms with E-state index in [4.69, 9.17) is 14.7 Å². The van der Waals surface area contributed by atoms with Gasteiger partial charge in [-0.15, -0.1) is 0 Å². The van der Waals surface area contributed by atoms with Gasteiger partial charge in [0, 0.05) is 12.5 Å². The van der Waals surface area contributed by atoms with E-state index in [-0.39, 0.29) is 30.6 Å². The van der Waals surface area contributed by atoms with Crippen molar-refractivity contribution < 1.29 is 14.3 Å². The van der Waals surface area contributed by atoms with Crippen molar-refractivity contribution in [3.05, 3.63) is 0 Å². The minimum atomic E-state index is -0.0637. The predicted octanol–water partition coefficient (Wildman–Crippen LogP) is 1.33. The largest absolute Gasteiger partial charge is 0.378 e. The second-order valence-corrected chi connectivity index (χ2v) is 5.54. The van der Waals surface area contributed by atoms with Crippen molar-refractivity contribution in [1.82, 2.24) is 4.90 Å². The molecule has 0 aromatic carbocycles. The van der Waals surface area contributed by atoms with Crippen LogP contribution in [0, 0.1) is 17.2 Å². The lowest BCUT2D eigenvalue weighted by molar-refractivity contribution is -0.146. The Hall–Kier alpha value is -1.12. The van der Waals surface area contributed by atoms with Gasteiger partial charge in [0.1, 0.15) is 6.42 Å². The summed E-state index contributed by atoms with van der Waals surface area (Å²) in [6, 6.07) is 2.07. The van der Waals surface area contributed by atoms with Crippen molar-refractivity contribution >= 4 is 5.91 Å². The van der Waals surface area contributed by atoms with Gasteiger partial charge in [-0.05, 0) is 26.7 Å². The zero-order chi connectivity index (χ0) is 13.8. The first-order valence-corrected chi connectivity index (χ1v) is 7.03. The van der Waals surface area contributed by atoms with E-state index in [1.807, 2.05) is 24.8 Å². The Bertz CT molecular complexity index is 364. The number of carbonyl (C=O) groups is 1. The van der Waals surface area contributed by atoms with Gasteiger partial charge in [-0.1, -0.05) is 0 Å². The highest BCUT2D eigenvalue weighted by Crippen LogP contribution is 2.35. The van der Waals surface area contributed by atoms with Gasteiger partial charge in [0.2, 0.25) is 5.91 Å². The molecular formula is C14H22N2O3. The average Bonchev–Trinajstić information content (AvgIpc) is 2.79. The van der Waals surface area contributed by atoms with E-state index in [1.165, 1.54) is 0 Å². The number of hydrogen-bond donors (Lipinski definition) is 0. The monoisotopic (exact) mass is 266 g/mol. The molecular weight excluding hydrogens is 244 g/mol. The van der Waals surface area contributed by atoms with Gasteiger partial charge in [-0.25, -0.2) is 0 Å². The second kappa shape index (κ2) is 6.36. The zero-order valence-electron chi connectivity index (χ0n) is 11.7. The van der Waals surface area contributed by atoms with Crippen LogP contribution in [0.3, 0.4) is 0 Å². The number of ether oxygens (including phenoxy) is 2. The molecule has 0 bridgehead atoms. The van der Waals surface area contributed by atoms with E-state index in [2.05, 4.69) is 0 Å². The van der Waals surface area contributed by atoms with Crippen LogP contribution in [0.4, 0.5) is 0 Å². The maximum absolute atomic E-state index is 11.9. The first-order valence-electron chi connectivity index (χ1n) is 7.03. The van der Waals surface area contributed by atoms with Crippen LogP contribution < -0.4 is 0 Å². The SMILES string of the molecule is CC(C)OC[C@@H]1CC[C@@H]2[C@H]1OCCN2C(=O)CC#N. The maximum atomic E-state index is 11.9. The first kappa shape index (κ1) is 14.3. The van der Waals surface area contributed by atoms with E-state index in [0.717, 1.165) is 12.8 Å². The molecule has 0 aromatic rings. The van der Waals surface area contributed by atoms with Crippen molar-refractivity contribution in [3.63, 3.8) is 0 Å². The molecule has 2 fully saturated rings. The van der Waals surface area contributed by atoms with Crippen LogP contribution in [0.5, 0.6) is 0 Å². The lowest BCUT2D eigenvalue weighted by atomic mass is 10.0. The van der Waals surface area contributed by atoms with E-state index in [0.29, 0.717) is 25.7 Å². The third kappa shape index (κ3) is 3.26. The molecule has 3 atom stereocenters.